The Morgan fingerprint density at radius 3 is 2.08 bits per heavy atom. The van der Waals surface area contributed by atoms with Crippen LogP contribution >= 0.6 is 0 Å². The summed E-state index contributed by atoms with van der Waals surface area (Å²) in [6.07, 6.45) is -10.7. The number of para-hydroxylation sites is 1. The van der Waals surface area contributed by atoms with Crippen LogP contribution in [0, 0.1) is 11.8 Å². The van der Waals surface area contributed by atoms with Crippen LogP contribution in [0.15, 0.2) is 36.4 Å². The Bertz CT molecular complexity index is 1560. The number of piperidine rings is 3. The smallest absolute Gasteiger partial charge is 0.418 e. The molecule has 0 saturated carbocycles. The standard InChI is InChI=1S/C34H39F6N5O5/c35-33(36,37)24-17-20(18-25(28(24)41)34(38,39)40)19-27(29(46)44-13-7-22(8-14-44)21-5-11-42-12-6-21)49-31(48)45-15-9-32(10-16-45)23-3-1-2-4-26(23)43-30(47)50-32/h1-4,17-18,21-22,27,42H,5-16,19,41H2,(H,43,47)/t27-/m1/s1. The Balaban J connectivity index is 1.22. The number of anilines is 2. The van der Waals surface area contributed by atoms with Crippen molar-refractivity contribution in [1.82, 2.24) is 15.1 Å². The lowest BCUT2D eigenvalue weighted by atomic mass is 9.79. The number of hydrogen-bond acceptors (Lipinski definition) is 7. The summed E-state index contributed by atoms with van der Waals surface area (Å²) in [7, 11) is 0. The van der Waals surface area contributed by atoms with Crippen molar-refractivity contribution in [3.63, 3.8) is 0 Å². The van der Waals surface area contributed by atoms with Gasteiger partial charge in [0.25, 0.3) is 5.91 Å². The normalized spacial score (nSPS) is 20.9. The maximum absolute atomic E-state index is 13.9. The molecule has 0 aromatic heterocycles. The maximum Gasteiger partial charge on any atom is 0.418 e. The largest absolute Gasteiger partial charge is 0.438 e. The van der Waals surface area contributed by atoms with Gasteiger partial charge in [-0.25, -0.2) is 9.59 Å². The van der Waals surface area contributed by atoms with E-state index in [1.54, 1.807) is 18.2 Å². The van der Waals surface area contributed by atoms with Crippen molar-refractivity contribution >= 4 is 29.5 Å². The summed E-state index contributed by atoms with van der Waals surface area (Å²) in [5.74, 6) is 0.167. The lowest BCUT2D eigenvalue weighted by molar-refractivity contribution is -0.143. The van der Waals surface area contributed by atoms with Crippen molar-refractivity contribution in [3.8, 4) is 0 Å². The Labute approximate surface area is 284 Å². The molecule has 1 spiro atoms. The van der Waals surface area contributed by atoms with Crippen molar-refractivity contribution < 1.29 is 50.2 Å². The fourth-order valence-electron chi connectivity index (χ4n) is 7.78. The van der Waals surface area contributed by atoms with Crippen molar-refractivity contribution in [2.45, 2.75) is 69.0 Å². The summed E-state index contributed by atoms with van der Waals surface area (Å²) >= 11 is 0. The maximum atomic E-state index is 13.9. The van der Waals surface area contributed by atoms with Gasteiger partial charge in [0.15, 0.2) is 6.10 Å². The number of nitrogens with two attached hydrogens (primary N) is 1. The second-order valence-electron chi connectivity index (χ2n) is 13.5. The summed E-state index contributed by atoms with van der Waals surface area (Å²) in [4.78, 5) is 42.6. The zero-order valence-corrected chi connectivity index (χ0v) is 27.2. The SMILES string of the molecule is Nc1c(C(F)(F)F)cc(C[C@@H](OC(=O)N2CCC3(CC2)OC(=O)Nc2ccccc23)C(=O)N2CCC(C3CCNCC3)CC2)cc1C(F)(F)F. The number of halogens is 6. The minimum Gasteiger partial charge on any atom is -0.438 e. The molecule has 3 amide bonds. The van der Waals surface area contributed by atoms with Crippen molar-refractivity contribution in [2.24, 2.45) is 11.8 Å². The Morgan fingerprint density at radius 1 is 0.900 bits per heavy atom. The third-order valence-corrected chi connectivity index (χ3v) is 10.5. The number of benzene rings is 2. The molecule has 272 valence electrons. The summed E-state index contributed by atoms with van der Waals surface area (Å²) in [5.41, 5.74) is 0.258. The van der Waals surface area contributed by atoms with E-state index in [1.165, 1.54) is 9.80 Å². The van der Waals surface area contributed by atoms with Crippen LogP contribution in [0.25, 0.3) is 0 Å². The predicted molar refractivity (Wildman–Crippen MR) is 169 cm³/mol. The van der Waals surface area contributed by atoms with Gasteiger partial charge in [0.2, 0.25) is 0 Å². The molecule has 4 aliphatic rings. The van der Waals surface area contributed by atoms with Crippen LogP contribution in [0.2, 0.25) is 0 Å². The van der Waals surface area contributed by atoms with Crippen LogP contribution in [0.4, 0.5) is 47.3 Å². The Hall–Kier alpha value is -4.21. The van der Waals surface area contributed by atoms with E-state index in [0.29, 0.717) is 55.6 Å². The zero-order chi connectivity index (χ0) is 35.8. The molecule has 6 rings (SSSR count). The molecule has 16 heteroatoms. The number of ether oxygens (including phenoxy) is 2. The van der Waals surface area contributed by atoms with Gasteiger partial charge in [0.1, 0.15) is 5.60 Å². The van der Waals surface area contributed by atoms with Crippen LogP contribution < -0.4 is 16.4 Å². The fraction of sp³-hybridized carbons (Fsp3) is 0.559. The molecule has 1 atom stereocenters. The number of amides is 3. The zero-order valence-electron chi connectivity index (χ0n) is 27.2. The predicted octanol–water partition coefficient (Wildman–Crippen LogP) is 6.15. The first-order chi connectivity index (χ1) is 23.6. The third-order valence-electron chi connectivity index (χ3n) is 10.5. The molecule has 3 saturated heterocycles. The van der Waals surface area contributed by atoms with Crippen LogP contribution in [0.5, 0.6) is 0 Å². The van der Waals surface area contributed by atoms with Crippen molar-refractivity contribution in [1.29, 1.82) is 0 Å². The summed E-state index contributed by atoms with van der Waals surface area (Å²) in [6, 6.07) is 8.02. The molecule has 2 aromatic carbocycles. The summed E-state index contributed by atoms with van der Waals surface area (Å²) in [6.45, 7) is 2.54. The lowest BCUT2D eigenvalue weighted by Crippen LogP contribution is -2.52. The van der Waals surface area contributed by atoms with Gasteiger partial charge in [-0.1, -0.05) is 18.2 Å². The van der Waals surface area contributed by atoms with E-state index in [-0.39, 0.29) is 25.9 Å². The van der Waals surface area contributed by atoms with E-state index in [1.807, 2.05) is 6.07 Å². The average molecular weight is 712 g/mol. The highest BCUT2D eigenvalue weighted by Crippen LogP contribution is 2.44. The molecule has 2 aromatic rings. The van der Waals surface area contributed by atoms with E-state index >= 15 is 0 Å². The summed E-state index contributed by atoms with van der Waals surface area (Å²) in [5, 5.41) is 5.98. The molecule has 0 radical (unpaired) electrons. The Morgan fingerprint density at radius 2 is 1.48 bits per heavy atom. The number of hydrogen-bond donors (Lipinski definition) is 3. The average Bonchev–Trinajstić information content (AvgIpc) is 3.08. The monoisotopic (exact) mass is 711 g/mol. The number of likely N-dealkylation sites (tertiary alicyclic amines) is 2. The molecule has 10 nitrogen and oxygen atoms in total. The van der Waals surface area contributed by atoms with Gasteiger partial charge in [-0.2, -0.15) is 26.3 Å². The number of carbonyl (C=O) groups is 3. The highest BCUT2D eigenvalue weighted by atomic mass is 19.4. The first-order valence-electron chi connectivity index (χ1n) is 16.8. The number of carbonyl (C=O) groups excluding carboxylic acids is 3. The number of nitrogen functional groups attached to an aromatic ring is 1. The van der Waals surface area contributed by atoms with Gasteiger partial charge in [-0.3, -0.25) is 10.1 Å². The topological polar surface area (TPSA) is 126 Å². The number of rotatable bonds is 5. The Kier molecular flexibility index (Phi) is 9.85. The summed E-state index contributed by atoms with van der Waals surface area (Å²) < 4.78 is 94.4. The van der Waals surface area contributed by atoms with E-state index in [9.17, 15) is 40.7 Å². The van der Waals surface area contributed by atoms with E-state index < -0.39 is 70.9 Å². The molecule has 4 aliphatic heterocycles. The molecule has 50 heavy (non-hydrogen) atoms. The van der Waals surface area contributed by atoms with Gasteiger partial charge < -0.3 is 30.3 Å². The fourth-order valence-corrected chi connectivity index (χ4v) is 7.78. The van der Waals surface area contributed by atoms with Gasteiger partial charge in [-0.05, 0) is 74.4 Å². The van der Waals surface area contributed by atoms with Crippen LogP contribution in [0.3, 0.4) is 0 Å². The van der Waals surface area contributed by atoms with Gasteiger partial charge >= 0.3 is 24.5 Å². The first kappa shape index (κ1) is 35.6. The highest BCUT2D eigenvalue weighted by molar-refractivity contribution is 5.89. The molecule has 4 heterocycles. The van der Waals surface area contributed by atoms with Gasteiger partial charge in [0, 0.05) is 51.0 Å². The second kappa shape index (κ2) is 13.8. The molecule has 4 N–H and O–H groups in total. The number of alkyl halides is 6. The van der Waals surface area contributed by atoms with Crippen molar-refractivity contribution in [3.05, 3.63) is 58.7 Å². The molecular formula is C34H39F6N5O5. The minimum absolute atomic E-state index is 0.0430. The minimum atomic E-state index is -5.22. The van der Waals surface area contributed by atoms with Crippen LogP contribution in [0.1, 0.15) is 60.8 Å². The molecular weight excluding hydrogens is 672 g/mol. The molecule has 0 aliphatic carbocycles. The number of nitrogens with zero attached hydrogens (tertiary/aromatic N) is 2. The first-order valence-corrected chi connectivity index (χ1v) is 16.8. The van der Waals surface area contributed by atoms with E-state index in [0.717, 1.165) is 31.5 Å². The van der Waals surface area contributed by atoms with Gasteiger partial charge in [0.05, 0.1) is 22.5 Å². The second-order valence-corrected chi connectivity index (χ2v) is 13.5. The number of nitrogens with one attached hydrogen (secondary N) is 2. The molecule has 0 bridgehead atoms. The van der Waals surface area contributed by atoms with Crippen molar-refractivity contribution in [2.75, 3.05) is 50.3 Å². The van der Waals surface area contributed by atoms with Gasteiger partial charge in [-0.15, -0.1) is 0 Å². The number of fused-ring (bicyclic) bond motifs is 2. The van der Waals surface area contributed by atoms with Crippen LogP contribution in [-0.4, -0.2) is 73.3 Å². The molecule has 0 unspecified atom stereocenters. The van der Waals surface area contributed by atoms with E-state index in [2.05, 4.69) is 10.6 Å². The van der Waals surface area contributed by atoms with Crippen LogP contribution in [-0.2, 0) is 38.6 Å². The quantitative estimate of drug-likeness (QED) is 0.251. The highest BCUT2D eigenvalue weighted by Gasteiger charge is 2.46. The lowest BCUT2D eigenvalue weighted by Gasteiger charge is -2.44. The third kappa shape index (κ3) is 7.44. The van der Waals surface area contributed by atoms with E-state index in [4.69, 9.17) is 15.2 Å². The molecule has 3 fully saturated rings.